The zero-order valence-corrected chi connectivity index (χ0v) is 19.5. The first kappa shape index (κ1) is 23.2. The highest BCUT2D eigenvalue weighted by Crippen LogP contribution is 2.32. The van der Waals surface area contributed by atoms with Crippen molar-refractivity contribution in [3.63, 3.8) is 0 Å². The van der Waals surface area contributed by atoms with Crippen molar-refractivity contribution >= 4 is 17.5 Å². The summed E-state index contributed by atoms with van der Waals surface area (Å²) >= 11 is 0. The number of para-hydroxylation sites is 2. The molecule has 0 aromatic heterocycles. The standard InChI is InChI=1S/C27H29N3O4/c1-33-24-14-8-12-22(26(24)34-2)27(32)28-19-25(31)30-17-15-29(16-18-30)23-13-7-6-11-21(23)20-9-4-3-5-10-20/h3-14H,15-19H2,1-2H3,(H,28,32). The summed E-state index contributed by atoms with van der Waals surface area (Å²) in [6.07, 6.45) is 0. The lowest BCUT2D eigenvalue weighted by atomic mass is 10.0. The third-order valence-electron chi connectivity index (χ3n) is 6.01. The molecule has 2 amide bonds. The van der Waals surface area contributed by atoms with Crippen LogP contribution < -0.4 is 19.7 Å². The van der Waals surface area contributed by atoms with E-state index in [9.17, 15) is 9.59 Å². The molecule has 3 aromatic carbocycles. The van der Waals surface area contributed by atoms with Crippen LogP contribution in [0.2, 0.25) is 0 Å². The quantitative estimate of drug-likeness (QED) is 0.586. The van der Waals surface area contributed by atoms with Gasteiger partial charge >= 0.3 is 0 Å². The fraction of sp³-hybridized carbons (Fsp3) is 0.259. The summed E-state index contributed by atoms with van der Waals surface area (Å²) in [4.78, 5) is 29.6. The smallest absolute Gasteiger partial charge is 0.255 e. The number of nitrogens with one attached hydrogen (secondary N) is 1. The second-order valence-corrected chi connectivity index (χ2v) is 7.97. The summed E-state index contributed by atoms with van der Waals surface area (Å²) in [5, 5.41) is 2.72. The molecule has 0 bridgehead atoms. The molecule has 7 heteroatoms. The first-order valence-corrected chi connectivity index (χ1v) is 11.3. The van der Waals surface area contributed by atoms with Crippen LogP contribution in [0.5, 0.6) is 11.5 Å². The van der Waals surface area contributed by atoms with Crippen LogP contribution in [0.3, 0.4) is 0 Å². The maximum Gasteiger partial charge on any atom is 0.255 e. The number of hydrogen-bond acceptors (Lipinski definition) is 5. The van der Waals surface area contributed by atoms with E-state index >= 15 is 0 Å². The molecule has 0 atom stereocenters. The highest BCUT2D eigenvalue weighted by molar-refractivity contribution is 5.99. The van der Waals surface area contributed by atoms with Gasteiger partial charge in [-0.3, -0.25) is 9.59 Å². The van der Waals surface area contributed by atoms with Crippen LogP contribution in [0.25, 0.3) is 11.1 Å². The third-order valence-corrected chi connectivity index (χ3v) is 6.01. The van der Waals surface area contributed by atoms with Crippen LogP contribution in [0.4, 0.5) is 5.69 Å². The number of ether oxygens (including phenoxy) is 2. The second kappa shape index (κ2) is 10.7. The number of methoxy groups -OCH3 is 2. The Kier molecular flexibility index (Phi) is 7.32. The van der Waals surface area contributed by atoms with Gasteiger partial charge in [0, 0.05) is 37.4 Å². The molecule has 3 aromatic rings. The molecule has 34 heavy (non-hydrogen) atoms. The van der Waals surface area contributed by atoms with Crippen molar-refractivity contribution in [3.8, 4) is 22.6 Å². The zero-order chi connectivity index (χ0) is 23.9. The van der Waals surface area contributed by atoms with Gasteiger partial charge in [0.15, 0.2) is 11.5 Å². The molecule has 1 saturated heterocycles. The topological polar surface area (TPSA) is 71.1 Å². The monoisotopic (exact) mass is 459 g/mol. The van der Waals surface area contributed by atoms with Gasteiger partial charge < -0.3 is 24.6 Å². The van der Waals surface area contributed by atoms with Gasteiger partial charge in [0.1, 0.15) is 0 Å². The number of benzene rings is 3. The third kappa shape index (κ3) is 4.98. The highest BCUT2D eigenvalue weighted by atomic mass is 16.5. The van der Waals surface area contributed by atoms with Gasteiger partial charge in [-0.15, -0.1) is 0 Å². The molecular weight excluding hydrogens is 430 g/mol. The Morgan fingerprint density at radius 3 is 2.24 bits per heavy atom. The lowest BCUT2D eigenvalue weighted by Crippen LogP contribution is -2.51. The van der Waals surface area contributed by atoms with Gasteiger partial charge in [-0.1, -0.05) is 54.6 Å². The van der Waals surface area contributed by atoms with Gasteiger partial charge in [0.05, 0.1) is 26.3 Å². The van der Waals surface area contributed by atoms with Crippen molar-refractivity contribution in [2.24, 2.45) is 0 Å². The van der Waals surface area contributed by atoms with Crippen LogP contribution in [0.15, 0.2) is 72.8 Å². The van der Waals surface area contributed by atoms with E-state index in [2.05, 4.69) is 34.5 Å². The Bertz CT molecular complexity index is 1140. The minimum atomic E-state index is -0.375. The average molecular weight is 460 g/mol. The van der Waals surface area contributed by atoms with Crippen LogP contribution in [-0.2, 0) is 4.79 Å². The largest absolute Gasteiger partial charge is 0.493 e. The Hall–Kier alpha value is -4.00. The van der Waals surface area contributed by atoms with Gasteiger partial charge in [0.2, 0.25) is 5.91 Å². The molecule has 0 spiro atoms. The van der Waals surface area contributed by atoms with Crippen LogP contribution >= 0.6 is 0 Å². The van der Waals surface area contributed by atoms with Crippen molar-refractivity contribution in [2.75, 3.05) is 51.8 Å². The van der Waals surface area contributed by atoms with E-state index in [0.717, 1.165) is 13.1 Å². The predicted molar refractivity (Wildman–Crippen MR) is 133 cm³/mol. The molecule has 1 aliphatic rings. The Morgan fingerprint density at radius 1 is 0.824 bits per heavy atom. The van der Waals surface area contributed by atoms with E-state index in [1.54, 1.807) is 23.1 Å². The molecule has 7 nitrogen and oxygen atoms in total. The van der Waals surface area contributed by atoms with Gasteiger partial charge in [-0.2, -0.15) is 0 Å². The molecule has 0 aliphatic carbocycles. The molecule has 1 heterocycles. The summed E-state index contributed by atoms with van der Waals surface area (Å²) in [5.41, 5.74) is 3.85. The Labute approximate surface area is 199 Å². The van der Waals surface area contributed by atoms with Crippen LogP contribution in [0.1, 0.15) is 10.4 Å². The first-order valence-electron chi connectivity index (χ1n) is 11.3. The maximum atomic E-state index is 12.8. The molecule has 1 N–H and O–H groups in total. The number of anilines is 1. The molecule has 4 rings (SSSR count). The first-order chi connectivity index (χ1) is 16.6. The van der Waals surface area contributed by atoms with E-state index in [1.165, 1.54) is 31.0 Å². The molecule has 1 aliphatic heterocycles. The normalized spacial score (nSPS) is 13.4. The van der Waals surface area contributed by atoms with Crippen LogP contribution in [-0.4, -0.2) is 63.7 Å². The van der Waals surface area contributed by atoms with Gasteiger partial charge in [0.25, 0.3) is 5.91 Å². The van der Waals surface area contributed by atoms with Crippen molar-refractivity contribution in [3.05, 3.63) is 78.4 Å². The minimum Gasteiger partial charge on any atom is -0.493 e. The number of piperazine rings is 1. The van der Waals surface area contributed by atoms with Gasteiger partial charge in [-0.25, -0.2) is 0 Å². The summed E-state index contributed by atoms with van der Waals surface area (Å²) in [5.74, 6) is 0.333. The van der Waals surface area contributed by atoms with E-state index in [4.69, 9.17) is 9.47 Å². The fourth-order valence-corrected chi connectivity index (χ4v) is 4.24. The van der Waals surface area contributed by atoms with Crippen molar-refractivity contribution in [1.29, 1.82) is 0 Å². The van der Waals surface area contributed by atoms with Crippen molar-refractivity contribution in [2.45, 2.75) is 0 Å². The lowest BCUT2D eigenvalue weighted by molar-refractivity contribution is -0.130. The highest BCUT2D eigenvalue weighted by Gasteiger charge is 2.24. The number of rotatable bonds is 7. The zero-order valence-electron chi connectivity index (χ0n) is 19.5. The number of hydrogen-bond donors (Lipinski definition) is 1. The van der Waals surface area contributed by atoms with E-state index in [1.807, 2.05) is 30.3 Å². The molecule has 176 valence electrons. The number of nitrogens with zero attached hydrogens (tertiary/aromatic N) is 2. The fourth-order valence-electron chi connectivity index (χ4n) is 4.24. The number of carbonyl (C=O) groups is 2. The summed E-state index contributed by atoms with van der Waals surface area (Å²) in [7, 11) is 3.00. The Balaban J connectivity index is 1.35. The lowest BCUT2D eigenvalue weighted by Gasteiger charge is -2.37. The molecule has 0 radical (unpaired) electrons. The van der Waals surface area contributed by atoms with E-state index in [0.29, 0.717) is 30.2 Å². The predicted octanol–water partition coefficient (Wildman–Crippen LogP) is 3.45. The van der Waals surface area contributed by atoms with E-state index in [-0.39, 0.29) is 18.4 Å². The summed E-state index contributed by atoms with van der Waals surface area (Å²) < 4.78 is 10.6. The van der Waals surface area contributed by atoms with Crippen molar-refractivity contribution < 1.29 is 19.1 Å². The van der Waals surface area contributed by atoms with Gasteiger partial charge in [-0.05, 0) is 23.8 Å². The summed E-state index contributed by atoms with van der Waals surface area (Å²) in [6.45, 7) is 2.58. The Morgan fingerprint density at radius 2 is 1.53 bits per heavy atom. The molecule has 0 saturated carbocycles. The summed E-state index contributed by atoms with van der Waals surface area (Å²) in [6, 6.07) is 23.7. The maximum absolute atomic E-state index is 12.8. The minimum absolute atomic E-state index is 0.0696. The van der Waals surface area contributed by atoms with Crippen LogP contribution in [0, 0.1) is 0 Å². The number of amides is 2. The molecular formula is C27H29N3O4. The average Bonchev–Trinajstić information content (AvgIpc) is 2.91. The molecule has 0 unspecified atom stereocenters. The SMILES string of the molecule is COc1cccc(C(=O)NCC(=O)N2CCN(c3ccccc3-c3ccccc3)CC2)c1OC. The number of carbonyl (C=O) groups excluding carboxylic acids is 2. The molecule has 1 fully saturated rings. The second-order valence-electron chi connectivity index (χ2n) is 7.97. The van der Waals surface area contributed by atoms with E-state index < -0.39 is 0 Å². The van der Waals surface area contributed by atoms with Crippen molar-refractivity contribution in [1.82, 2.24) is 10.2 Å².